The van der Waals surface area contributed by atoms with Crippen LogP contribution < -0.4 is 0 Å². The van der Waals surface area contributed by atoms with Gasteiger partial charge in [0.15, 0.2) is 0 Å². The van der Waals surface area contributed by atoms with Gasteiger partial charge in [-0.1, -0.05) is 42.8 Å². The van der Waals surface area contributed by atoms with Crippen LogP contribution in [0, 0.1) is 0 Å². The second-order valence-electron chi connectivity index (χ2n) is 3.17. The molecule has 0 aliphatic carbocycles. The highest BCUT2D eigenvalue weighted by Gasteiger charge is 2.04. The highest BCUT2D eigenvalue weighted by Crippen LogP contribution is 2.04. The third-order valence-corrected chi connectivity index (χ3v) is 2.00. The first-order chi connectivity index (χ1) is 6.39. The Labute approximate surface area is 79.8 Å². The van der Waals surface area contributed by atoms with Crippen LogP contribution in [0.5, 0.6) is 0 Å². The van der Waals surface area contributed by atoms with Crippen LogP contribution >= 0.6 is 0 Å². The average molecular weight is 179 g/mol. The Balaban J connectivity index is 0.000000132. The normalized spacial score (nSPS) is 17.3. The monoisotopic (exact) mass is 179 g/mol. The van der Waals surface area contributed by atoms with E-state index in [0.717, 1.165) is 25.9 Å². The number of piperidine rings is 1. The Hall–Kier alpha value is -0.860. The van der Waals surface area contributed by atoms with Crippen molar-refractivity contribution in [1.29, 1.82) is 0 Å². The number of nitrogens with zero attached hydrogens (tertiary/aromatic N) is 1. The van der Waals surface area contributed by atoms with Crippen LogP contribution in [0.15, 0.2) is 36.4 Å². The summed E-state index contributed by atoms with van der Waals surface area (Å²) in [6.45, 7) is 1.75. The van der Waals surface area contributed by atoms with Crippen LogP contribution in [-0.4, -0.2) is 23.4 Å². The molecule has 0 saturated carbocycles. The van der Waals surface area contributed by atoms with Gasteiger partial charge < -0.3 is 5.21 Å². The molecular formula is C11H17NO. The van der Waals surface area contributed by atoms with Crippen LogP contribution in [0.4, 0.5) is 0 Å². The molecule has 0 aromatic heterocycles. The molecule has 13 heavy (non-hydrogen) atoms. The van der Waals surface area contributed by atoms with E-state index in [1.165, 1.54) is 11.5 Å². The molecule has 1 N–H and O–H groups in total. The number of hydroxylamine groups is 2. The molecule has 0 spiro atoms. The highest BCUT2D eigenvalue weighted by molar-refractivity contribution is 4.99. The van der Waals surface area contributed by atoms with E-state index in [-0.39, 0.29) is 0 Å². The predicted octanol–water partition coefficient (Wildman–Crippen LogP) is 2.55. The maximum Gasteiger partial charge on any atom is 0.0238 e. The predicted molar refractivity (Wildman–Crippen MR) is 53.7 cm³/mol. The Bertz CT molecular complexity index is 168. The number of benzene rings is 1. The van der Waals surface area contributed by atoms with Crippen LogP contribution in [-0.2, 0) is 0 Å². The van der Waals surface area contributed by atoms with E-state index in [2.05, 4.69) is 0 Å². The molecule has 0 amide bonds. The summed E-state index contributed by atoms with van der Waals surface area (Å²) in [5.41, 5.74) is 0. The van der Waals surface area contributed by atoms with Crippen LogP contribution in [0.25, 0.3) is 0 Å². The standard InChI is InChI=1S/C6H6.C5H11NO/c1-2-4-6-5-3-1;7-6-4-2-1-3-5-6/h1-6H;7H,1-5H2. The summed E-state index contributed by atoms with van der Waals surface area (Å²) in [5, 5.41) is 10.1. The van der Waals surface area contributed by atoms with Crippen LogP contribution in [0.1, 0.15) is 19.3 Å². The molecule has 0 bridgehead atoms. The largest absolute Gasteiger partial charge is 0.314 e. The molecule has 2 heteroatoms. The minimum atomic E-state index is 0.875. The van der Waals surface area contributed by atoms with Crippen LogP contribution in [0.3, 0.4) is 0 Å². The average Bonchev–Trinajstić information content (AvgIpc) is 2.22. The topological polar surface area (TPSA) is 23.5 Å². The minimum Gasteiger partial charge on any atom is -0.314 e. The van der Waals surface area contributed by atoms with Gasteiger partial charge in [-0.2, -0.15) is 5.06 Å². The zero-order valence-electron chi connectivity index (χ0n) is 7.89. The molecule has 1 fully saturated rings. The molecule has 1 heterocycles. The molecule has 1 saturated heterocycles. The fourth-order valence-electron chi connectivity index (χ4n) is 1.26. The fraction of sp³-hybridized carbons (Fsp3) is 0.455. The van der Waals surface area contributed by atoms with Crippen molar-refractivity contribution in [2.75, 3.05) is 13.1 Å². The summed E-state index contributed by atoms with van der Waals surface area (Å²) >= 11 is 0. The molecular weight excluding hydrogens is 162 g/mol. The zero-order chi connectivity index (χ0) is 9.36. The van der Waals surface area contributed by atoms with E-state index in [4.69, 9.17) is 5.21 Å². The highest BCUT2D eigenvalue weighted by atomic mass is 16.5. The van der Waals surface area contributed by atoms with Gasteiger partial charge in [0.1, 0.15) is 0 Å². The first-order valence-corrected chi connectivity index (χ1v) is 4.83. The third-order valence-electron chi connectivity index (χ3n) is 2.00. The molecule has 0 radical (unpaired) electrons. The second kappa shape index (κ2) is 6.63. The van der Waals surface area contributed by atoms with Crippen molar-refractivity contribution in [3.63, 3.8) is 0 Å². The van der Waals surface area contributed by atoms with E-state index >= 15 is 0 Å². The lowest BCUT2D eigenvalue weighted by molar-refractivity contribution is -0.103. The Morgan fingerprint density at radius 2 is 1.08 bits per heavy atom. The van der Waals surface area contributed by atoms with E-state index in [9.17, 15) is 0 Å². The molecule has 2 nitrogen and oxygen atoms in total. The van der Waals surface area contributed by atoms with Gasteiger partial charge in [-0.15, -0.1) is 0 Å². The summed E-state index contributed by atoms with van der Waals surface area (Å²) in [6.07, 6.45) is 3.62. The molecule has 0 unspecified atom stereocenters. The number of hydrogen-bond acceptors (Lipinski definition) is 2. The van der Waals surface area contributed by atoms with E-state index < -0.39 is 0 Å². The second-order valence-corrected chi connectivity index (χ2v) is 3.17. The van der Waals surface area contributed by atoms with E-state index in [0.29, 0.717) is 0 Å². The third kappa shape index (κ3) is 5.39. The van der Waals surface area contributed by atoms with Gasteiger partial charge in [0.05, 0.1) is 0 Å². The first-order valence-electron chi connectivity index (χ1n) is 4.83. The maximum absolute atomic E-state index is 8.74. The Morgan fingerprint density at radius 1 is 0.692 bits per heavy atom. The number of hydrogen-bond donors (Lipinski definition) is 1. The molecule has 1 aliphatic heterocycles. The Kier molecular flexibility index (Phi) is 5.22. The van der Waals surface area contributed by atoms with Gasteiger partial charge in [-0.25, -0.2) is 0 Å². The molecule has 72 valence electrons. The summed E-state index contributed by atoms with van der Waals surface area (Å²) in [7, 11) is 0. The SMILES string of the molecule is ON1CCCCC1.c1ccccc1. The van der Waals surface area contributed by atoms with Crippen molar-refractivity contribution >= 4 is 0 Å². The fourth-order valence-corrected chi connectivity index (χ4v) is 1.26. The summed E-state index contributed by atoms with van der Waals surface area (Å²) in [5.74, 6) is 0. The smallest absolute Gasteiger partial charge is 0.0238 e. The summed E-state index contributed by atoms with van der Waals surface area (Å²) in [4.78, 5) is 0. The van der Waals surface area contributed by atoms with Gasteiger partial charge in [-0.05, 0) is 12.8 Å². The van der Waals surface area contributed by atoms with Gasteiger partial charge in [0.25, 0.3) is 0 Å². The lowest BCUT2D eigenvalue weighted by Gasteiger charge is -2.18. The molecule has 0 atom stereocenters. The van der Waals surface area contributed by atoms with E-state index in [1.807, 2.05) is 36.4 Å². The van der Waals surface area contributed by atoms with Crippen molar-refractivity contribution in [3.05, 3.63) is 36.4 Å². The molecule has 1 aliphatic rings. The lowest BCUT2D eigenvalue weighted by Crippen LogP contribution is -2.25. The van der Waals surface area contributed by atoms with E-state index in [1.54, 1.807) is 0 Å². The van der Waals surface area contributed by atoms with Gasteiger partial charge in [0.2, 0.25) is 0 Å². The minimum absolute atomic E-state index is 0.875. The van der Waals surface area contributed by atoms with Gasteiger partial charge >= 0.3 is 0 Å². The summed E-state index contributed by atoms with van der Waals surface area (Å²) in [6, 6.07) is 12.0. The lowest BCUT2D eigenvalue weighted by atomic mass is 10.2. The quantitative estimate of drug-likeness (QED) is 0.661. The van der Waals surface area contributed by atoms with Crippen molar-refractivity contribution < 1.29 is 5.21 Å². The Morgan fingerprint density at radius 3 is 1.31 bits per heavy atom. The van der Waals surface area contributed by atoms with Crippen molar-refractivity contribution in [1.82, 2.24) is 5.06 Å². The number of rotatable bonds is 0. The molecule has 1 aromatic rings. The van der Waals surface area contributed by atoms with Gasteiger partial charge in [0, 0.05) is 13.1 Å². The summed E-state index contributed by atoms with van der Waals surface area (Å²) < 4.78 is 0. The van der Waals surface area contributed by atoms with Crippen molar-refractivity contribution in [2.45, 2.75) is 19.3 Å². The first kappa shape index (κ1) is 10.2. The van der Waals surface area contributed by atoms with Crippen molar-refractivity contribution in [3.8, 4) is 0 Å². The van der Waals surface area contributed by atoms with Gasteiger partial charge in [-0.3, -0.25) is 0 Å². The van der Waals surface area contributed by atoms with Crippen molar-refractivity contribution in [2.24, 2.45) is 0 Å². The zero-order valence-corrected chi connectivity index (χ0v) is 7.89. The van der Waals surface area contributed by atoms with Crippen LogP contribution in [0.2, 0.25) is 0 Å². The molecule has 1 aromatic carbocycles. The molecule has 2 rings (SSSR count). The maximum atomic E-state index is 8.74.